The molecule has 0 amide bonds. The van der Waals surface area contributed by atoms with E-state index in [1.807, 2.05) is 10.6 Å². The van der Waals surface area contributed by atoms with Crippen LogP contribution in [0.25, 0.3) is 0 Å². The van der Waals surface area contributed by atoms with Crippen LogP contribution >= 0.6 is 0 Å². The molecule has 5 nitrogen and oxygen atoms in total. The fraction of sp³-hybridized carbons (Fsp3) is 0.600. The molecule has 0 aliphatic heterocycles. The Morgan fingerprint density at radius 3 is 2.95 bits per heavy atom. The highest BCUT2D eigenvalue weighted by molar-refractivity contribution is 5.67. The van der Waals surface area contributed by atoms with E-state index in [2.05, 4.69) is 0 Å². The average Bonchev–Trinajstić information content (AvgIpc) is 2.87. The molecule has 0 spiro atoms. The fourth-order valence-electron chi connectivity index (χ4n) is 2.81. The third kappa shape index (κ3) is 3.28. The highest BCUT2D eigenvalue weighted by atomic mass is 16.5. The Morgan fingerprint density at radius 2 is 2.25 bits per heavy atom. The predicted molar refractivity (Wildman–Crippen MR) is 75.2 cm³/mol. The predicted octanol–water partition coefficient (Wildman–Crippen LogP) is 1.39. The van der Waals surface area contributed by atoms with E-state index in [1.54, 1.807) is 7.11 Å². The monoisotopic (exact) mass is 279 g/mol. The first-order valence-corrected chi connectivity index (χ1v) is 7.08. The number of carboxylic acids is 1. The molecule has 0 fully saturated rings. The molecule has 0 atom stereocenters. The van der Waals surface area contributed by atoms with Crippen LogP contribution in [-0.4, -0.2) is 29.4 Å². The van der Waals surface area contributed by atoms with Gasteiger partial charge in [-0.25, -0.2) is 0 Å². The van der Waals surface area contributed by atoms with Crippen LogP contribution in [0.15, 0.2) is 10.9 Å². The van der Waals surface area contributed by atoms with E-state index in [4.69, 9.17) is 9.84 Å². The summed E-state index contributed by atoms with van der Waals surface area (Å²) in [5.74, 6) is -0.865. The topological polar surface area (TPSA) is 68.5 Å². The second kappa shape index (κ2) is 6.70. The lowest BCUT2D eigenvalue weighted by Gasteiger charge is -2.14. The van der Waals surface area contributed by atoms with Crippen LogP contribution in [0, 0.1) is 0 Å². The van der Waals surface area contributed by atoms with Gasteiger partial charge in [0.15, 0.2) is 0 Å². The number of fused-ring (bicyclic) bond motifs is 1. The Bertz CT molecular complexity index is 548. The van der Waals surface area contributed by atoms with Gasteiger partial charge in [-0.1, -0.05) is 0 Å². The van der Waals surface area contributed by atoms with E-state index >= 15 is 0 Å². The lowest BCUT2D eigenvalue weighted by atomic mass is 10.1. The Hall–Kier alpha value is -1.62. The van der Waals surface area contributed by atoms with Gasteiger partial charge in [-0.05, 0) is 43.7 Å². The molecular weight excluding hydrogens is 258 g/mol. The van der Waals surface area contributed by atoms with Gasteiger partial charge in [0.25, 0.3) is 5.56 Å². The molecule has 20 heavy (non-hydrogen) atoms. The number of methoxy groups -OCH3 is 1. The highest BCUT2D eigenvalue weighted by Crippen LogP contribution is 2.22. The highest BCUT2D eigenvalue weighted by Gasteiger charge is 2.19. The number of aromatic nitrogens is 1. The number of carbonyl (C=O) groups is 1. The zero-order chi connectivity index (χ0) is 14.5. The number of pyridine rings is 1. The quantitative estimate of drug-likeness (QED) is 0.766. The zero-order valence-electron chi connectivity index (χ0n) is 11.9. The fourth-order valence-corrected chi connectivity index (χ4v) is 2.81. The minimum Gasteiger partial charge on any atom is -0.481 e. The zero-order valence-corrected chi connectivity index (χ0v) is 11.9. The summed E-state index contributed by atoms with van der Waals surface area (Å²) in [6.07, 6.45) is 4.11. The summed E-state index contributed by atoms with van der Waals surface area (Å²) < 4.78 is 6.87. The van der Waals surface area contributed by atoms with Crippen LogP contribution < -0.4 is 5.56 Å². The SMILES string of the molecule is COCCCn1c2c(cc(CCC(=O)O)c1=O)CCC2. The smallest absolute Gasteiger partial charge is 0.303 e. The average molecular weight is 279 g/mol. The first-order valence-electron chi connectivity index (χ1n) is 7.08. The van der Waals surface area contributed by atoms with Gasteiger partial charge in [0, 0.05) is 37.9 Å². The third-order valence-electron chi connectivity index (χ3n) is 3.76. The van der Waals surface area contributed by atoms with Crippen LogP contribution in [0.4, 0.5) is 0 Å². The minimum atomic E-state index is -0.865. The van der Waals surface area contributed by atoms with Crippen LogP contribution in [0.5, 0.6) is 0 Å². The van der Waals surface area contributed by atoms with Gasteiger partial charge >= 0.3 is 5.97 Å². The molecule has 1 heterocycles. The van der Waals surface area contributed by atoms with Crippen molar-refractivity contribution in [2.24, 2.45) is 0 Å². The number of hydrogen-bond donors (Lipinski definition) is 1. The van der Waals surface area contributed by atoms with E-state index in [0.717, 1.165) is 31.4 Å². The number of carboxylic acid groups (broad SMARTS) is 1. The standard InChI is InChI=1S/C15H21NO4/c1-20-9-3-8-16-13-5-2-4-11(13)10-12(15(16)19)6-7-14(17)18/h10H,2-9H2,1H3,(H,17,18). The van der Waals surface area contributed by atoms with Gasteiger partial charge in [0.2, 0.25) is 0 Å². The first-order chi connectivity index (χ1) is 9.63. The Kier molecular flexibility index (Phi) is 4.95. The molecule has 1 aromatic heterocycles. The summed E-state index contributed by atoms with van der Waals surface area (Å²) in [6.45, 7) is 1.27. The number of ether oxygens (including phenoxy) is 1. The van der Waals surface area contributed by atoms with E-state index in [0.29, 0.717) is 25.1 Å². The van der Waals surface area contributed by atoms with E-state index < -0.39 is 5.97 Å². The normalized spacial score (nSPS) is 13.4. The van der Waals surface area contributed by atoms with Crippen molar-refractivity contribution in [2.45, 2.75) is 45.1 Å². The van der Waals surface area contributed by atoms with Crippen molar-refractivity contribution in [2.75, 3.05) is 13.7 Å². The maximum absolute atomic E-state index is 12.5. The van der Waals surface area contributed by atoms with Crippen molar-refractivity contribution in [1.82, 2.24) is 4.57 Å². The van der Waals surface area contributed by atoms with Crippen LogP contribution in [0.1, 0.15) is 36.1 Å². The molecule has 0 saturated heterocycles. The lowest BCUT2D eigenvalue weighted by Crippen LogP contribution is -2.28. The maximum atomic E-state index is 12.5. The van der Waals surface area contributed by atoms with Crippen molar-refractivity contribution < 1.29 is 14.6 Å². The van der Waals surface area contributed by atoms with Crippen molar-refractivity contribution in [3.8, 4) is 0 Å². The molecule has 0 saturated carbocycles. The van der Waals surface area contributed by atoms with Crippen molar-refractivity contribution >= 4 is 5.97 Å². The van der Waals surface area contributed by atoms with Crippen molar-refractivity contribution in [1.29, 1.82) is 0 Å². The maximum Gasteiger partial charge on any atom is 0.303 e. The Labute approximate surface area is 118 Å². The van der Waals surface area contributed by atoms with Gasteiger partial charge in [-0.15, -0.1) is 0 Å². The second-order valence-corrected chi connectivity index (χ2v) is 5.19. The molecule has 0 unspecified atom stereocenters. The molecule has 1 aromatic rings. The number of hydrogen-bond acceptors (Lipinski definition) is 3. The number of aryl methyl sites for hydroxylation is 2. The molecule has 1 aliphatic carbocycles. The lowest BCUT2D eigenvalue weighted by molar-refractivity contribution is -0.136. The summed E-state index contributed by atoms with van der Waals surface area (Å²) in [7, 11) is 1.65. The van der Waals surface area contributed by atoms with Gasteiger partial charge in [0.05, 0.1) is 0 Å². The largest absolute Gasteiger partial charge is 0.481 e. The molecule has 0 aromatic carbocycles. The Morgan fingerprint density at radius 1 is 1.45 bits per heavy atom. The second-order valence-electron chi connectivity index (χ2n) is 5.19. The van der Waals surface area contributed by atoms with E-state index in [9.17, 15) is 9.59 Å². The van der Waals surface area contributed by atoms with Crippen LogP contribution in [0.2, 0.25) is 0 Å². The van der Waals surface area contributed by atoms with Gasteiger partial charge < -0.3 is 14.4 Å². The molecular formula is C15H21NO4. The van der Waals surface area contributed by atoms with Gasteiger partial charge in [-0.3, -0.25) is 9.59 Å². The molecule has 5 heteroatoms. The molecule has 1 N–H and O–H groups in total. The molecule has 1 aliphatic rings. The van der Waals surface area contributed by atoms with E-state index in [1.165, 1.54) is 5.56 Å². The van der Waals surface area contributed by atoms with Gasteiger partial charge in [0.1, 0.15) is 0 Å². The third-order valence-corrected chi connectivity index (χ3v) is 3.76. The van der Waals surface area contributed by atoms with E-state index in [-0.39, 0.29) is 12.0 Å². The van der Waals surface area contributed by atoms with Crippen molar-refractivity contribution in [3.63, 3.8) is 0 Å². The minimum absolute atomic E-state index is 0.00605. The number of nitrogens with zero attached hydrogens (tertiary/aromatic N) is 1. The summed E-state index contributed by atoms with van der Waals surface area (Å²) in [6, 6.07) is 1.92. The molecule has 110 valence electrons. The number of rotatable bonds is 7. The molecule has 2 rings (SSSR count). The summed E-state index contributed by atoms with van der Waals surface area (Å²) in [4.78, 5) is 23.2. The first kappa shape index (κ1) is 14.8. The van der Waals surface area contributed by atoms with Crippen LogP contribution in [-0.2, 0) is 35.3 Å². The van der Waals surface area contributed by atoms with Crippen molar-refractivity contribution in [3.05, 3.63) is 33.2 Å². The van der Waals surface area contributed by atoms with Gasteiger partial charge in [-0.2, -0.15) is 0 Å². The molecule has 0 radical (unpaired) electrons. The Balaban J connectivity index is 2.28. The molecule has 0 bridgehead atoms. The summed E-state index contributed by atoms with van der Waals surface area (Å²) >= 11 is 0. The van der Waals surface area contributed by atoms with Crippen LogP contribution in [0.3, 0.4) is 0 Å². The number of aliphatic carboxylic acids is 1. The summed E-state index contributed by atoms with van der Waals surface area (Å²) in [5, 5.41) is 8.78. The summed E-state index contributed by atoms with van der Waals surface area (Å²) in [5.41, 5.74) is 2.95.